The van der Waals surface area contributed by atoms with E-state index in [0.29, 0.717) is 35.9 Å². The Morgan fingerprint density at radius 2 is 1.20 bits per heavy atom. The number of rotatable bonds is 12. The number of alkyl carbamates (subject to hydrolysis) is 1. The molecule has 65 heavy (non-hydrogen) atoms. The Morgan fingerprint density at radius 1 is 0.631 bits per heavy atom. The average molecular weight is 886 g/mol. The van der Waals surface area contributed by atoms with Crippen LogP contribution in [0.5, 0.6) is 0 Å². The quantitative estimate of drug-likeness (QED) is 0.0977. The van der Waals surface area contributed by atoms with Gasteiger partial charge < -0.3 is 19.7 Å². The third-order valence-corrected chi connectivity index (χ3v) is 14.2. The summed E-state index contributed by atoms with van der Waals surface area (Å²) < 4.78 is 12.9. The maximum Gasteiger partial charge on any atom is 0.407 e. The largest absolute Gasteiger partial charge is 0.449 e. The molecule has 1 unspecified atom stereocenters. The summed E-state index contributed by atoms with van der Waals surface area (Å²) in [5.74, 6) is -0.580. The molecule has 3 aliphatic rings. The molecule has 0 spiro atoms. The van der Waals surface area contributed by atoms with E-state index in [-0.39, 0.29) is 24.9 Å². The summed E-state index contributed by atoms with van der Waals surface area (Å²) in [5.41, 5.74) is 7.32. The minimum Gasteiger partial charge on any atom is -0.449 e. The van der Waals surface area contributed by atoms with Gasteiger partial charge in [-0.2, -0.15) is 0 Å². The van der Waals surface area contributed by atoms with Gasteiger partial charge in [-0.05, 0) is 71.0 Å². The smallest absolute Gasteiger partial charge is 0.407 e. The molecule has 1 saturated heterocycles. The van der Waals surface area contributed by atoms with Crippen LogP contribution in [-0.4, -0.2) is 48.1 Å². The molecule has 3 atom stereocenters. The molecule has 2 aliphatic carbocycles. The third-order valence-electron chi connectivity index (χ3n) is 13.9. The number of hydrogen-bond donors (Lipinski definition) is 1. The summed E-state index contributed by atoms with van der Waals surface area (Å²) in [7, 11) is 0. The van der Waals surface area contributed by atoms with Gasteiger partial charge in [0.25, 0.3) is 0 Å². The zero-order valence-electron chi connectivity index (χ0n) is 36.9. The number of fused-ring (bicyclic) bond motifs is 3. The molecule has 1 aliphatic heterocycles. The van der Waals surface area contributed by atoms with Crippen LogP contribution in [0, 0.1) is 0 Å². The van der Waals surface area contributed by atoms with Gasteiger partial charge in [0.05, 0.1) is 0 Å². The molecule has 8 heteroatoms. The van der Waals surface area contributed by atoms with Crippen molar-refractivity contribution in [2.75, 3.05) is 13.2 Å². The van der Waals surface area contributed by atoms with Crippen LogP contribution < -0.4 is 5.32 Å². The van der Waals surface area contributed by atoms with Crippen LogP contribution in [-0.2, 0) is 31.1 Å². The van der Waals surface area contributed by atoms with Crippen molar-refractivity contribution in [3.8, 4) is 11.1 Å². The summed E-state index contributed by atoms with van der Waals surface area (Å²) in [6.45, 7) is 0.437. The monoisotopic (exact) mass is 884 g/mol. The Hall–Kier alpha value is -6.18. The molecule has 2 amide bonds. The lowest BCUT2D eigenvalue weighted by atomic mass is 9.78. The minimum atomic E-state index is -1.44. The maximum atomic E-state index is 15.1. The van der Waals surface area contributed by atoms with Gasteiger partial charge in [0.15, 0.2) is 5.60 Å². The molecule has 0 radical (unpaired) electrons. The van der Waals surface area contributed by atoms with E-state index < -0.39 is 29.7 Å². The second kappa shape index (κ2) is 20.3. The van der Waals surface area contributed by atoms with Crippen molar-refractivity contribution in [1.29, 1.82) is 0 Å². The Morgan fingerprint density at radius 3 is 1.86 bits per heavy atom. The normalized spacial score (nSPS) is 17.9. The lowest BCUT2D eigenvalue weighted by molar-refractivity contribution is -0.162. The van der Waals surface area contributed by atoms with Crippen LogP contribution in [0.2, 0.25) is 5.02 Å². The number of halogens is 1. The number of esters is 1. The van der Waals surface area contributed by atoms with Crippen molar-refractivity contribution in [2.24, 2.45) is 0 Å². The van der Waals surface area contributed by atoms with E-state index in [9.17, 15) is 9.59 Å². The van der Waals surface area contributed by atoms with Crippen molar-refractivity contribution in [2.45, 2.75) is 100 Å². The molecular weight excluding hydrogens is 828 g/mol. The fraction of sp³-hybridized carbons (Fsp3) is 0.316. The van der Waals surface area contributed by atoms with E-state index in [1.54, 1.807) is 4.90 Å². The molecule has 6 aromatic carbocycles. The number of carbonyl (C=O) groups is 3. The second-order valence-electron chi connectivity index (χ2n) is 17.9. The summed E-state index contributed by atoms with van der Waals surface area (Å²) in [4.78, 5) is 45.4. The maximum absolute atomic E-state index is 15.1. The highest BCUT2D eigenvalue weighted by Crippen LogP contribution is 2.46. The van der Waals surface area contributed by atoms with E-state index >= 15 is 4.79 Å². The number of benzene rings is 6. The number of likely N-dealkylation sites (tertiary alicyclic amines) is 1. The fourth-order valence-electron chi connectivity index (χ4n) is 10.6. The second-order valence-corrected chi connectivity index (χ2v) is 18.3. The van der Waals surface area contributed by atoms with Gasteiger partial charge >= 0.3 is 12.1 Å². The van der Waals surface area contributed by atoms with Crippen molar-refractivity contribution in [3.05, 3.63) is 202 Å². The first-order valence-electron chi connectivity index (χ1n) is 23.5. The molecule has 1 N–H and O–H groups in total. The van der Waals surface area contributed by atoms with Crippen LogP contribution in [0.4, 0.5) is 4.79 Å². The number of nitrogens with zero attached hydrogens (tertiary/aromatic N) is 1. The van der Waals surface area contributed by atoms with Crippen molar-refractivity contribution in [1.82, 2.24) is 10.2 Å². The average Bonchev–Trinajstić information content (AvgIpc) is 4.00. The predicted molar refractivity (Wildman–Crippen MR) is 257 cm³/mol. The summed E-state index contributed by atoms with van der Waals surface area (Å²) in [5, 5.41) is 3.39. The van der Waals surface area contributed by atoms with E-state index in [1.807, 2.05) is 109 Å². The van der Waals surface area contributed by atoms with Crippen molar-refractivity contribution in [3.63, 3.8) is 0 Å². The highest BCUT2D eigenvalue weighted by molar-refractivity contribution is 6.31. The van der Waals surface area contributed by atoms with Crippen LogP contribution in [0.15, 0.2) is 158 Å². The predicted octanol–water partition coefficient (Wildman–Crippen LogP) is 12.5. The molecule has 0 bridgehead atoms. The molecule has 1 heterocycles. The minimum absolute atomic E-state index is 0.107. The first-order chi connectivity index (χ1) is 31.9. The van der Waals surface area contributed by atoms with E-state index in [2.05, 4.69) is 53.8 Å². The van der Waals surface area contributed by atoms with Crippen LogP contribution in [0.25, 0.3) is 11.1 Å². The first-order valence-corrected chi connectivity index (χ1v) is 23.9. The number of hydrogen-bond acceptors (Lipinski definition) is 5. The Labute approximate surface area is 388 Å². The number of nitrogens with one attached hydrogen (secondary N) is 1. The Bertz CT molecular complexity index is 2530. The van der Waals surface area contributed by atoms with Crippen LogP contribution in [0.3, 0.4) is 0 Å². The first kappa shape index (κ1) is 44.0. The molecular formula is C57H57ClN2O5. The molecule has 6 aromatic rings. The summed E-state index contributed by atoms with van der Waals surface area (Å²) >= 11 is 7.11. The third kappa shape index (κ3) is 9.48. The summed E-state index contributed by atoms with van der Waals surface area (Å²) in [6.07, 6.45) is 10.4. The van der Waals surface area contributed by atoms with Gasteiger partial charge in [0.2, 0.25) is 5.91 Å². The lowest BCUT2D eigenvalue weighted by Crippen LogP contribution is -2.53. The zero-order valence-corrected chi connectivity index (χ0v) is 37.6. The molecule has 0 aromatic heterocycles. The Kier molecular flexibility index (Phi) is 13.8. The van der Waals surface area contributed by atoms with Gasteiger partial charge in [0, 0.05) is 40.6 Å². The molecule has 2 fully saturated rings. The van der Waals surface area contributed by atoms with E-state index in [1.165, 1.54) is 44.1 Å². The van der Waals surface area contributed by atoms with Gasteiger partial charge in [-0.1, -0.05) is 202 Å². The Balaban J connectivity index is 0.998. The molecule has 7 nitrogen and oxygen atoms in total. The number of carbonyl (C=O) groups excluding carboxylic acids is 3. The van der Waals surface area contributed by atoms with E-state index in [0.717, 1.165) is 51.8 Å². The van der Waals surface area contributed by atoms with Gasteiger partial charge in [-0.15, -0.1) is 0 Å². The fourth-order valence-corrected chi connectivity index (χ4v) is 10.8. The molecule has 1 saturated carbocycles. The van der Waals surface area contributed by atoms with Crippen molar-refractivity contribution >= 4 is 29.6 Å². The van der Waals surface area contributed by atoms with Crippen LogP contribution >= 0.6 is 11.6 Å². The highest BCUT2D eigenvalue weighted by Gasteiger charge is 2.47. The highest BCUT2D eigenvalue weighted by atomic mass is 35.5. The summed E-state index contributed by atoms with van der Waals surface area (Å²) in [6, 6.07) is 49.9. The standard InChI is InChI=1S/C57H57ClN2O5/c58-51-31-18-17-30-50(51)57(43-24-11-6-12-25-43,44-35-33-42(34-36-44)41-22-9-3-1-2-4-10-23-41)65-55(62)53-32-19-37-60(53)54(61)52(38-40-20-7-5-8-21-40)59-56(63)64-39-49-47-28-15-13-26-45(47)46-27-14-16-29-48(46)49/h5-8,11-18,20-21,24-31,33-36,41,49,52-53H,1-4,9-10,19,22-23,32,37-39H2,(H,59,63)/t52-,53-,57?/m0/s1. The zero-order chi connectivity index (χ0) is 44.6. The van der Waals surface area contributed by atoms with Crippen LogP contribution in [0.1, 0.15) is 115 Å². The lowest BCUT2D eigenvalue weighted by Gasteiger charge is -2.38. The van der Waals surface area contributed by atoms with Gasteiger partial charge in [0.1, 0.15) is 18.7 Å². The van der Waals surface area contributed by atoms with Crippen molar-refractivity contribution < 1.29 is 23.9 Å². The number of ether oxygens (including phenoxy) is 2. The molecule has 9 rings (SSSR count). The topological polar surface area (TPSA) is 84.9 Å². The SMILES string of the molecule is O=C(N[C@@H](Cc1ccccc1)C(=O)N1CCC[C@H]1C(=O)OC(c1ccccc1)(c1ccc(C2CCCCCCCC2)cc1)c1ccccc1Cl)OCC1c2ccccc2-c2ccccc21. The number of amides is 2. The van der Waals surface area contributed by atoms with Gasteiger partial charge in [-0.3, -0.25) is 4.79 Å². The molecule has 332 valence electrons. The van der Waals surface area contributed by atoms with Gasteiger partial charge in [-0.25, -0.2) is 9.59 Å². The van der Waals surface area contributed by atoms with E-state index in [4.69, 9.17) is 21.1 Å².